The molecule has 0 aliphatic rings. The van der Waals surface area contributed by atoms with Crippen LogP contribution in [0.15, 0.2) is 48.5 Å². The molecule has 0 saturated carbocycles. The van der Waals surface area contributed by atoms with E-state index in [0.29, 0.717) is 22.7 Å². The predicted octanol–water partition coefficient (Wildman–Crippen LogP) is 4.73. The van der Waals surface area contributed by atoms with E-state index in [-0.39, 0.29) is 6.54 Å². The van der Waals surface area contributed by atoms with E-state index in [0.717, 1.165) is 12.0 Å². The minimum Gasteiger partial charge on any atom is -0.444 e. The molecule has 4 N–H and O–H groups in total. The summed E-state index contributed by atoms with van der Waals surface area (Å²) in [4.78, 5) is 53.5. The predicted molar refractivity (Wildman–Crippen MR) is 148 cm³/mol. The third-order valence-corrected chi connectivity index (χ3v) is 5.89. The maximum absolute atomic E-state index is 13.9. The molecule has 4 amide bonds. The molecule has 38 heavy (non-hydrogen) atoms. The van der Waals surface area contributed by atoms with Crippen LogP contribution in [0.25, 0.3) is 0 Å². The summed E-state index contributed by atoms with van der Waals surface area (Å²) >= 11 is 6.36. The summed E-state index contributed by atoms with van der Waals surface area (Å²) < 4.78 is 5.29. The minimum absolute atomic E-state index is 0.190. The molecule has 0 fully saturated rings. The summed E-state index contributed by atoms with van der Waals surface area (Å²) in [6.07, 6.45) is -0.0346. The van der Waals surface area contributed by atoms with Gasteiger partial charge in [-0.1, -0.05) is 67.4 Å². The van der Waals surface area contributed by atoms with Gasteiger partial charge in [-0.05, 0) is 51.3 Å². The first kappa shape index (κ1) is 30.6. The van der Waals surface area contributed by atoms with E-state index in [1.165, 1.54) is 4.90 Å². The molecule has 2 aromatic carbocycles. The molecule has 2 atom stereocenters. The van der Waals surface area contributed by atoms with Gasteiger partial charge in [-0.3, -0.25) is 14.4 Å². The quantitative estimate of drug-likeness (QED) is 0.376. The maximum atomic E-state index is 13.9. The number of aryl methyl sites for hydroxylation is 1. The fourth-order valence-corrected chi connectivity index (χ4v) is 4.11. The molecule has 0 aromatic heterocycles. The number of ether oxygens (including phenoxy) is 1. The highest BCUT2D eigenvalue weighted by Crippen LogP contribution is 2.29. The molecule has 0 bridgehead atoms. The van der Waals surface area contributed by atoms with Gasteiger partial charge in [-0.25, -0.2) is 4.79 Å². The lowest BCUT2D eigenvalue weighted by Gasteiger charge is -2.34. The van der Waals surface area contributed by atoms with Crippen LogP contribution in [-0.2, 0) is 19.1 Å². The summed E-state index contributed by atoms with van der Waals surface area (Å²) in [5.74, 6) is -1.92. The van der Waals surface area contributed by atoms with E-state index in [9.17, 15) is 19.2 Å². The van der Waals surface area contributed by atoms with Gasteiger partial charge in [0.1, 0.15) is 17.7 Å². The second kappa shape index (κ2) is 13.8. The SMILES string of the molecule is CCCCN(C(=O)C(CC(N)=O)NC(=O)OC(C)(C)C)C(C(=O)Nc1c(C)cccc1Cl)c1ccccc1. The Hall–Kier alpha value is -3.59. The maximum Gasteiger partial charge on any atom is 0.408 e. The number of halogens is 1. The molecular weight excluding hydrogens is 508 g/mol. The van der Waals surface area contributed by atoms with Gasteiger partial charge in [0.05, 0.1) is 17.1 Å². The highest BCUT2D eigenvalue weighted by atomic mass is 35.5. The van der Waals surface area contributed by atoms with Crippen LogP contribution in [0, 0.1) is 6.92 Å². The number of para-hydroxylation sites is 1. The van der Waals surface area contributed by atoms with Crippen LogP contribution < -0.4 is 16.4 Å². The van der Waals surface area contributed by atoms with E-state index >= 15 is 0 Å². The number of primary amides is 1. The van der Waals surface area contributed by atoms with Gasteiger partial charge in [-0.2, -0.15) is 0 Å². The summed E-state index contributed by atoms with van der Waals surface area (Å²) in [5.41, 5.74) is 6.33. The molecule has 2 unspecified atom stereocenters. The minimum atomic E-state index is -1.33. The molecule has 0 saturated heterocycles. The van der Waals surface area contributed by atoms with Crippen LogP contribution in [0.4, 0.5) is 10.5 Å². The first-order valence-corrected chi connectivity index (χ1v) is 12.9. The Morgan fingerprint density at radius 3 is 2.26 bits per heavy atom. The van der Waals surface area contributed by atoms with Crippen molar-refractivity contribution >= 4 is 41.1 Å². The zero-order valence-electron chi connectivity index (χ0n) is 22.5. The normalized spacial score (nSPS) is 12.7. The number of alkyl carbamates (subject to hydrolysis) is 1. The van der Waals surface area contributed by atoms with E-state index < -0.39 is 47.9 Å². The smallest absolute Gasteiger partial charge is 0.408 e. The Bertz CT molecular complexity index is 1110. The second-order valence-corrected chi connectivity index (χ2v) is 10.4. The summed E-state index contributed by atoms with van der Waals surface area (Å²) in [7, 11) is 0. The van der Waals surface area contributed by atoms with Crippen molar-refractivity contribution in [3.05, 3.63) is 64.7 Å². The zero-order chi connectivity index (χ0) is 28.5. The van der Waals surface area contributed by atoms with Gasteiger partial charge in [0, 0.05) is 6.54 Å². The number of hydrogen-bond donors (Lipinski definition) is 3. The van der Waals surface area contributed by atoms with Crippen molar-refractivity contribution in [3.63, 3.8) is 0 Å². The molecule has 0 heterocycles. The van der Waals surface area contributed by atoms with Crippen molar-refractivity contribution in [1.82, 2.24) is 10.2 Å². The highest BCUT2D eigenvalue weighted by Gasteiger charge is 2.37. The molecule has 9 nitrogen and oxygen atoms in total. The Morgan fingerprint density at radius 1 is 1.05 bits per heavy atom. The fourth-order valence-electron chi connectivity index (χ4n) is 3.84. The van der Waals surface area contributed by atoms with Crippen LogP contribution in [0.1, 0.15) is 64.1 Å². The number of nitrogens with two attached hydrogens (primary N) is 1. The van der Waals surface area contributed by atoms with Crippen molar-refractivity contribution in [2.24, 2.45) is 5.73 Å². The number of hydrogen-bond acceptors (Lipinski definition) is 5. The standard InChI is InChI=1S/C28H37ClN4O5/c1-6-7-16-33(26(36)21(17-22(30)34)31-27(37)38-28(3,4)5)24(19-13-9-8-10-14-19)25(35)32-23-18(2)12-11-15-20(23)29/h8-15,21,24H,6-7,16-17H2,1-5H3,(H2,30,34)(H,31,37)(H,32,35). The number of benzene rings is 2. The van der Waals surface area contributed by atoms with Crippen LogP contribution in [0.3, 0.4) is 0 Å². The molecule has 206 valence electrons. The van der Waals surface area contributed by atoms with Crippen molar-refractivity contribution in [3.8, 4) is 0 Å². The second-order valence-electron chi connectivity index (χ2n) is 9.99. The third kappa shape index (κ3) is 9.06. The van der Waals surface area contributed by atoms with Gasteiger partial charge in [-0.15, -0.1) is 0 Å². The third-order valence-electron chi connectivity index (χ3n) is 5.58. The Balaban J connectivity index is 2.53. The number of rotatable bonds is 11. The summed E-state index contributed by atoms with van der Waals surface area (Å²) in [5, 5.41) is 5.70. The topological polar surface area (TPSA) is 131 Å². The molecule has 2 aromatic rings. The van der Waals surface area contributed by atoms with Crippen LogP contribution in [-0.4, -0.2) is 46.9 Å². The number of unbranched alkanes of at least 4 members (excludes halogenated alkanes) is 1. The number of amides is 4. The molecule has 0 spiro atoms. The van der Waals surface area contributed by atoms with Gasteiger partial charge in [0.2, 0.25) is 11.8 Å². The van der Waals surface area contributed by atoms with Gasteiger partial charge >= 0.3 is 6.09 Å². The van der Waals surface area contributed by atoms with Crippen molar-refractivity contribution < 1.29 is 23.9 Å². The first-order valence-electron chi connectivity index (χ1n) is 12.5. The van der Waals surface area contributed by atoms with Crippen LogP contribution in [0.2, 0.25) is 5.02 Å². The molecule has 0 aliphatic heterocycles. The van der Waals surface area contributed by atoms with Crippen LogP contribution >= 0.6 is 11.6 Å². The number of carbonyl (C=O) groups excluding carboxylic acids is 4. The Morgan fingerprint density at radius 2 is 1.71 bits per heavy atom. The number of nitrogens with one attached hydrogen (secondary N) is 2. The van der Waals surface area contributed by atoms with Gasteiger partial charge in [0.25, 0.3) is 5.91 Å². The van der Waals surface area contributed by atoms with Crippen molar-refractivity contribution in [2.45, 2.75) is 71.6 Å². The highest BCUT2D eigenvalue weighted by molar-refractivity contribution is 6.34. The molecule has 10 heteroatoms. The van der Waals surface area contributed by atoms with Gasteiger partial charge in [0.15, 0.2) is 0 Å². The lowest BCUT2D eigenvalue weighted by atomic mass is 10.0. The van der Waals surface area contributed by atoms with E-state index in [4.69, 9.17) is 22.1 Å². The Labute approximate surface area is 229 Å². The monoisotopic (exact) mass is 544 g/mol. The van der Waals surface area contributed by atoms with E-state index in [2.05, 4.69) is 10.6 Å². The number of anilines is 1. The molecule has 0 radical (unpaired) electrons. The fraction of sp³-hybridized carbons (Fsp3) is 0.429. The van der Waals surface area contributed by atoms with Crippen LogP contribution in [0.5, 0.6) is 0 Å². The first-order chi connectivity index (χ1) is 17.8. The zero-order valence-corrected chi connectivity index (χ0v) is 23.3. The largest absolute Gasteiger partial charge is 0.444 e. The van der Waals surface area contributed by atoms with E-state index in [1.54, 1.807) is 63.2 Å². The van der Waals surface area contributed by atoms with Crippen molar-refractivity contribution in [2.75, 3.05) is 11.9 Å². The molecule has 0 aliphatic carbocycles. The summed E-state index contributed by atoms with van der Waals surface area (Å²) in [6, 6.07) is 11.6. The number of carbonyl (C=O) groups is 4. The summed E-state index contributed by atoms with van der Waals surface area (Å²) in [6.45, 7) is 8.99. The number of nitrogens with zero attached hydrogens (tertiary/aromatic N) is 1. The molecule has 2 rings (SSSR count). The Kier molecular flexibility index (Phi) is 11.1. The lowest BCUT2D eigenvalue weighted by molar-refractivity contribution is -0.142. The molecular formula is C28H37ClN4O5. The average molecular weight is 545 g/mol. The van der Waals surface area contributed by atoms with Crippen molar-refractivity contribution in [1.29, 1.82) is 0 Å². The average Bonchev–Trinajstić information content (AvgIpc) is 2.82. The lowest BCUT2D eigenvalue weighted by Crippen LogP contribution is -2.53. The van der Waals surface area contributed by atoms with Gasteiger partial charge < -0.3 is 26.0 Å². The van der Waals surface area contributed by atoms with E-state index in [1.807, 2.05) is 19.9 Å².